The molecule has 0 aliphatic rings. The molecule has 0 spiro atoms. The lowest BCUT2D eigenvalue weighted by molar-refractivity contribution is 0.822. The van der Waals surface area contributed by atoms with Crippen LogP contribution in [-0.4, -0.2) is 20.7 Å². The molecule has 2 heterocycles. The third kappa shape index (κ3) is 4.98. The molecule has 5 nitrogen and oxygen atoms in total. The number of benzene rings is 1. The van der Waals surface area contributed by atoms with Crippen LogP contribution in [0, 0.1) is 12.3 Å². The molecular weight excluding hydrogens is 358 g/mol. The van der Waals surface area contributed by atoms with Crippen LogP contribution in [0.3, 0.4) is 0 Å². The second-order valence-corrected chi connectivity index (χ2v) is 7.05. The van der Waals surface area contributed by atoms with E-state index in [0.717, 1.165) is 39.6 Å². The van der Waals surface area contributed by atoms with Crippen molar-refractivity contribution in [1.29, 1.82) is 5.41 Å². The predicted octanol–water partition coefficient (Wildman–Crippen LogP) is 5.56. The van der Waals surface area contributed by atoms with Crippen LogP contribution in [0.5, 0.6) is 0 Å². The van der Waals surface area contributed by atoms with Gasteiger partial charge in [0.25, 0.3) is 0 Å². The molecule has 3 aromatic rings. The molecular formula is C24H25N5. The topological polar surface area (TPSA) is 77.5 Å². The number of rotatable bonds is 7. The number of imidazole rings is 1. The largest absolute Gasteiger partial charge is 0.349 e. The maximum atomic E-state index is 8.44. The van der Waals surface area contributed by atoms with Crippen LogP contribution in [0.1, 0.15) is 48.0 Å². The minimum atomic E-state index is 0.341. The Morgan fingerprint density at radius 3 is 2.72 bits per heavy atom. The van der Waals surface area contributed by atoms with Gasteiger partial charge in [-0.15, -0.1) is 5.73 Å². The minimum absolute atomic E-state index is 0.341. The molecule has 3 rings (SSSR count). The van der Waals surface area contributed by atoms with Gasteiger partial charge >= 0.3 is 0 Å². The summed E-state index contributed by atoms with van der Waals surface area (Å²) in [6.07, 6.45) is 8.78. The Hall–Kier alpha value is -3.69. The first-order chi connectivity index (χ1) is 14.0. The molecule has 0 saturated carbocycles. The molecule has 0 unspecified atom stereocenters. The highest BCUT2D eigenvalue weighted by molar-refractivity contribution is 6.10. The molecule has 2 aromatic heterocycles. The van der Waals surface area contributed by atoms with Crippen molar-refractivity contribution in [2.75, 3.05) is 5.32 Å². The van der Waals surface area contributed by atoms with Crippen LogP contribution < -0.4 is 5.32 Å². The van der Waals surface area contributed by atoms with Gasteiger partial charge in [0.2, 0.25) is 0 Å². The fraction of sp³-hybridized carbons (Fsp3) is 0.167. The van der Waals surface area contributed by atoms with Gasteiger partial charge < -0.3 is 15.7 Å². The number of nitrogens with zero attached hydrogens (tertiary/aromatic N) is 2. The van der Waals surface area contributed by atoms with Crippen LogP contribution in [0.15, 0.2) is 67.3 Å². The number of allylic oxidation sites excluding steroid dienone is 1. The Balaban J connectivity index is 1.84. The van der Waals surface area contributed by atoms with Crippen molar-refractivity contribution in [1.82, 2.24) is 15.0 Å². The van der Waals surface area contributed by atoms with Crippen LogP contribution in [-0.2, 0) is 0 Å². The quantitative estimate of drug-likeness (QED) is 0.369. The van der Waals surface area contributed by atoms with E-state index in [1.165, 1.54) is 0 Å². The summed E-state index contributed by atoms with van der Waals surface area (Å²) in [4.78, 5) is 11.6. The van der Waals surface area contributed by atoms with Gasteiger partial charge in [-0.1, -0.05) is 26.5 Å². The number of aromatic nitrogens is 3. The molecule has 0 atom stereocenters. The predicted molar refractivity (Wildman–Crippen MR) is 120 cm³/mol. The summed E-state index contributed by atoms with van der Waals surface area (Å²) in [6, 6.07) is 9.94. The first-order valence-electron chi connectivity index (χ1n) is 9.48. The van der Waals surface area contributed by atoms with Gasteiger partial charge in [0.15, 0.2) is 0 Å². The zero-order chi connectivity index (χ0) is 20.8. The first-order valence-corrected chi connectivity index (χ1v) is 9.48. The van der Waals surface area contributed by atoms with E-state index in [4.69, 9.17) is 5.41 Å². The van der Waals surface area contributed by atoms with Crippen molar-refractivity contribution < 1.29 is 0 Å². The van der Waals surface area contributed by atoms with Gasteiger partial charge in [0.05, 0.1) is 11.4 Å². The zero-order valence-corrected chi connectivity index (χ0v) is 17.0. The Labute approximate surface area is 171 Å². The van der Waals surface area contributed by atoms with Gasteiger partial charge in [-0.05, 0) is 54.8 Å². The Bertz CT molecular complexity index is 1080. The zero-order valence-electron chi connectivity index (χ0n) is 17.0. The monoisotopic (exact) mass is 383 g/mol. The normalized spacial score (nSPS) is 10.9. The number of nitrogens with one attached hydrogen (secondary N) is 3. The first kappa shape index (κ1) is 20.1. The summed E-state index contributed by atoms with van der Waals surface area (Å²) in [6.45, 7) is 10.1. The molecule has 0 radical (unpaired) electrons. The average Bonchev–Trinajstić information content (AvgIpc) is 3.25. The molecule has 146 valence electrons. The second-order valence-electron chi connectivity index (χ2n) is 7.05. The SMILES string of the molecule is C=C=C(Nc1ccc(C)c(C(=N)/C=C\c2ncc[nH]2)c1)c1ccnc(C(C)C)c1. The number of H-pyrrole nitrogens is 1. The Kier molecular flexibility index (Phi) is 6.22. The van der Waals surface area contributed by atoms with E-state index >= 15 is 0 Å². The smallest absolute Gasteiger partial charge is 0.129 e. The highest BCUT2D eigenvalue weighted by Gasteiger charge is 2.09. The van der Waals surface area contributed by atoms with E-state index in [0.29, 0.717) is 11.6 Å². The molecule has 0 fully saturated rings. The van der Waals surface area contributed by atoms with Crippen molar-refractivity contribution >= 4 is 23.2 Å². The molecule has 1 aromatic carbocycles. The maximum absolute atomic E-state index is 8.44. The standard InChI is InChI=1S/C24H25N5/c1-5-22(18-10-11-26-23(14-18)16(2)3)29-19-7-6-17(4)20(15-19)21(25)8-9-24-27-12-13-28-24/h6-16,25,29H,1H2,2-4H3,(H,27,28)/b9-8-,25-21?. The van der Waals surface area contributed by atoms with Gasteiger partial charge in [0, 0.05) is 41.1 Å². The highest BCUT2D eigenvalue weighted by Crippen LogP contribution is 2.23. The van der Waals surface area contributed by atoms with E-state index in [1.54, 1.807) is 30.7 Å². The highest BCUT2D eigenvalue weighted by atomic mass is 14.9. The Morgan fingerprint density at radius 1 is 1.21 bits per heavy atom. The summed E-state index contributed by atoms with van der Waals surface area (Å²) in [7, 11) is 0. The molecule has 0 saturated heterocycles. The van der Waals surface area contributed by atoms with Crippen LogP contribution in [0.2, 0.25) is 0 Å². The molecule has 0 bridgehead atoms. The lowest BCUT2D eigenvalue weighted by atomic mass is 10.0. The Morgan fingerprint density at radius 2 is 2.03 bits per heavy atom. The molecule has 5 heteroatoms. The number of hydrogen-bond acceptors (Lipinski definition) is 4. The van der Waals surface area contributed by atoms with Crippen LogP contribution >= 0.6 is 0 Å². The van der Waals surface area contributed by atoms with Crippen molar-refractivity contribution in [3.8, 4) is 0 Å². The molecule has 0 aliphatic carbocycles. The van der Waals surface area contributed by atoms with Gasteiger partial charge in [-0.3, -0.25) is 4.98 Å². The summed E-state index contributed by atoms with van der Waals surface area (Å²) in [5.41, 5.74) is 8.93. The van der Waals surface area contributed by atoms with E-state index in [-0.39, 0.29) is 0 Å². The van der Waals surface area contributed by atoms with E-state index in [2.05, 4.69) is 52.5 Å². The molecule has 0 amide bonds. The van der Waals surface area contributed by atoms with E-state index in [1.807, 2.05) is 31.2 Å². The molecule has 29 heavy (non-hydrogen) atoms. The fourth-order valence-electron chi connectivity index (χ4n) is 2.89. The summed E-state index contributed by atoms with van der Waals surface area (Å²) < 4.78 is 0. The average molecular weight is 383 g/mol. The van der Waals surface area contributed by atoms with Gasteiger partial charge in [-0.2, -0.15) is 0 Å². The van der Waals surface area contributed by atoms with Crippen molar-refractivity contribution in [3.05, 3.63) is 95.5 Å². The molecule has 0 aliphatic heterocycles. The van der Waals surface area contributed by atoms with Crippen molar-refractivity contribution in [3.63, 3.8) is 0 Å². The number of aromatic amines is 1. The maximum Gasteiger partial charge on any atom is 0.129 e. The second kappa shape index (κ2) is 9.00. The third-order valence-electron chi connectivity index (χ3n) is 4.56. The third-order valence-corrected chi connectivity index (χ3v) is 4.56. The number of pyridine rings is 1. The van der Waals surface area contributed by atoms with E-state index in [9.17, 15) is 0 Å². The lowest BCUT2D eigenvalue weighted by Gasteiger charge is -2.13. The van der Waals surface area contributed by atoms with Gasteiger partial charge in [0.1, 0.15) is 5.82 Å². The van der Waals surface area contributed by atoms with E-state index < -0.39 is 0 Å². The van der Waals surface area contributed by atoms with Crippen molar-refractivity contribution in [2.24, 2.45) is 0 Å². The summed E-state index contributed by atoms with van der Waals surface area (Å²) in [5.74, 6) is 1.06. The fourth-order valence-corrected chi connectivity index (χ4v) is 2.89. The van der Waals surface area contributed by atoms with Crippen LogP contribution in [0.25, 0.3) is 11.8 Å². The molecule has 3 N–H and O–H groups in total. The summed E-state index contributed by atoms with van der Waals surface area (Å²) >= 11 is 0. The van der Waals surface area contributed by atoms with Crippen molar-refractivity contribution in [2.45, 2.75) is 26.7 Å². The summed E-state index contributed by atoms with van der Waals surface area (Å²) in [5, 5.41) is 11.8. The number of anilines is 1. The number of aryl methyl sites for hydroxylation is 1. The number of hydrogen-bond donors (Lipinski definition) is 3. The lowest BCUT2D eigenvalue weighted by Crippen LogP contribution is -2.03. The minimum Gasteiger partial charge on any atom is -0.349 e. The van der Waals surface area contributed by atoms with Gasteiger partial charge in [-0.25, -0.2) is 4.98 Å². The van der Waals surface area contributed by atoms with Crippen LogP contribution in [0.4, 0.5) is 5.69 Å².